The number of nitrogens with one attached hydrogen (secondary N) is 2. The van der Waals surface area contributed by atoms with E-state index >= 15 is 0 Å². The standard InChI is InChI=1S/C12H15N5O4/c1-7(14)4-17-10(20)2-8(9(3-13)12(17)21)11(15-5-18)16-6-19/h2,5-7,11,20H,4,14H2,1H3,(H,15,18)(H,16,19). The van der Waals surface area contributed by atoms with Crippen molar-refractivity contribution in [2.24, 2.45) is 5.73 Å². The van der Waals surface area contributed by atoms with Crippen LogP contribution in [0.25, 0.3) is 0 Å². The van der Waals surface area contributed by atoms with Crippen molar-refractivity contribution in [3.8, 4) is 11.9 Å². The van der Waals surface area contributed by atoms with Gasteiger partial charge in [0.25, 0.3) is 5.56 Å². The fourth-order valence-corrected chi connectivity index (χ4v) is 1.82. The Morgan fingerprint density at radius 1 is 1.48 bits per heavy atom. The van der Waals surface area contributed by atoms with Crippen molar-refractivity contribution >= 4 is 12.8 Å². The molecule has 1 heterocycles. The molecule has 0 saturated carbocycles. The van der Waals surface area contributed by atoms with Crippen molar-refractivity contribution in [3.05, 3.63) is 27.5 Å². The van der Waals surface area contributed by atoms with Gasteiger partial charge < -0.3 is 21.5 Å². The first kappa shape index (κ1) is 16.2. The molecule has 0 aromatic carbocycles. The average molecular weight is 293 g/mol. The molecule has 1 atom stereocenters. The van der Waals surface area contributed by atoms with Crippen molar-refractivity contribution < 1.29 is 14.7 Å². The van der Waals surface area contributed by atoms with Crippen LogP contribution in [0.1, 0.15) is 24.2 Å². The SMILES string of the molecule is CC(N)Cn1c(O)cc(C(NC=O)NC=O)c(C#N)c1=O. The summed E-state index contributed by atoms with van der Waals surface area (Å²) in [5.74, 6) is -0.420. The van der Waals surface area contributed by atoms with E-state index in [2.05, 4.69) is 10.6 Å². The molecule has 112 valence electrons. The van der Waals surface area contributed by atoms with Crippen molar-refractivity contribution in [2.75, 3.05) is 0 Å². The van der Waals surface area contributed by atoms with Crippen LogP contribution in [0.4, 0.5) is 0 Å². The van der Waals surface area contributed by atoms with Crippen LogP contribution in [0.3, 0.4) is 0 Å². The molecule has 9 nitrogen and oxygen atoms in total. The highest BCUT2D eigenvalue weighted by molar-refractivity contribution is 5.54. The van der Waals surface area contributed by atoms with E-state index in [0.29, 0.717) is 12.8 Å². The zero-order chi connectivity index (χ0) is 16.0. The normalized spacial score (nSPS) is 11.5. The molecule has 2 amide bonds. The van der Waals surface area contributed by atoms with Crippen molar-refractivity contribution in [2.45, 2.75) is 25.7 Å². The summed E-state index contributed by atoms with van der Waals surface area (Å²) < 4.78 is 0.950. The summed E-state index contributed by atoms with van der Waals surface area (Å²) >= 11 is 0. The zero-order valence-corrected chi connectivity index (χ0v) is 11.2. The molecule has 0 aliphatic rings. The van der Waals surface area contributed by atoms with Gasteiger partial charge in [0.1, 0.15) is 17.8 Å². The van der Waals surface area contributed by atoms with Gasteiger partial charge in [-0.2, -0.15) is 5.26 Å². The third kappa shape index (κ3) is 3.58. The molecule has 0 aliphatic carbocycles. The van der Waals surface area contributed by atoms with E-state index in [0.717, 1.165) is 10.6 Å². The first-order valence-electron chi connectivity index (χ1n) is 5.98. The third-order valence-electron chi connectivity index (χ3n) is 2.67. The molecule has 0 bridgehead atoms. The zero-order valence-electron chi connectivity index (χ0n) is 11.2. The molecule has 9 heteroatoms. The Kier molecular flexibility index (Phi) is 5.45. The van der Waals surface area contributed by atoms with Crippen LogP contribution in [-0.4, -0.2) is 28.5 Å². The summed E-state index contributed by atoms with van der Waals surface area (Å²) in [6.07, 6.45) is -0.502. The minimum atomic E-state index is -1.10. The fraction of sp³-hybridized carbons (Fsp3) is 0.333. The van der Waals surface area contributed by atoms with Crippen LogP contribution >= 0.6 is 0 Å². The lowest BCUT2D eigenvalue weighted by molar-refractivity contribution is -0.112. The average Bonchev–Trinajstić information content (AvgIpc) is 2.42. The van der Waals surface area contributed by atoms with E-state index in [9.17, 15) is 19.5 Å². The second-order valence-electron chi connectivity index (χ2n) is 4.34. The van der Waals surface area contributed by atoms with Crippen LogP contribution in [0.2, 0.25) is 0 Å². The van der Waals surface area contributed by atoms with Gasteiger partial charge in [-0.1, -0.05) is 0 Å². The number of rotatable bonds is 7. The molecule has 0 spiro atoms. The molecular weight excluding hydrogens is 278 g/mol. The molecule has 1 aromatic heterocycles. The van der Waals surface area contributed by atoms with E-state index in [1.807, 2.05) is 0 Å². The minimum Gasteiger partial charge on any atom is -0.494 e. The van der Waals surface area contributed by atoms with E-state index in [1.165, 1.54) is 0 Å². The van der Waals surface area contributed by atoms with Gasteiger partial charge in [-0.25, -0.2) is 0 Å². The van der Waals surface area contributed by atoms with Gasteiger partial charge in [0.2, 0.25) is 12.8 Å². The summed E-state index contributed by atoms with van der Waals surface area (Å²) in [4.78, 5) is 33.2. The second-order valence-corrected chi connectivity index (χ2v) is 4.34. The van der Waals surface area contributed by atoms with E-state index in [1.54, 1.807) is 13.0 Å². The van der Waals surface area contributed by atoms with Crippen LogP contribution in [-0.2, 0) is 16.1 Å². The molecule has 0 aliphatic heterocycles. The Morgan fingerprint density at radius 2 is 2.05 bits per heavy atom. The van der Waals surface area contributed by atoms with Crippen molar-refractivity contribution in [1.82, 2.24) is 15.2 Å². The molecule has 0 radical (unpaired) electrons. The number of pyridine rings is 1. The number of nitriles is 1. The van der Waals surface area contributed by atoms with E-state index in [-0.39, 0.29) is 17.7 Å². The first-order valence-corrected chi connectivity index (χ1v) is 5.98. The Morgan fingerprint density at radius 3 is 2.48 bits per heavy atom. The number of aromatic hydroxyl groups is 1. The van der Waals surface area contributed by atoms with E-state index in [4.69, 9.17) is 11.0 Å². The number of aromatic nitrogens is 1. The number of amides is 2. The van der Waals surface area contributed by atoms with Gasteiger partial charge in [-0.15, -0.1) is 0 Å². The number of carbonyl (C=O) groups excluding carboxylic acids is 2. The lowest BCUT2D eigenvalue weighted by atomic mass is 10.1. The largest absolute Gasteiger partial charge is 0.494 e. The minimum absolute atomic E-state index is 0.0138. The monoisotopic (exact) mass is 293 g/mol. The van der Waals surface area contributed by atoms with Gasteiger partial charge in [0, 0.05) is 24.2 Å². The lowest BCUT2D eigenvalue weighted by Gasteiger charge is -2.19. The highest BCUT2D eigenvalue weighted by atomic mass is 16.3. The third-order valence-corrected chi connectivity index (χ3v) is 2.67. The first-order chi connectivity index (χ1) is 9.96. The maximum atomic E-state index is 12.2. The van der Waals surface area contributed by atoms with Crippen LogP contribution in [0.15, 0.2) is 10.9 Å². The summed E-state index contributed by atoms with van der Waals surface area (Å²) in [6, 6.07) is 2.42. The molecule has 0 saturated heterocycles. The van der Waals surface area contributed by atoms with Gasteiger partial charge in [0.05, 0.1) is 0 Å². The predicted octanol–water partition coefficient (Wildman–Crippen LogP) is -1.74. The van der Waals surface area contributed by atoms with Gasteiger partial charge in [-0.05, 0) is 6.92 Å². The molecule has 0 fully saturated rings. The van der Waals surface area contributed by atoms with Crippen molar-refractivity contribution in [1.29, 1.82) is 5.26 Å². The second kappa shape index (κ2) is 7.06. The topological polar surface area (TPSA) is 150 Å². The molecule has 1 rings (SSSR count). The van der Waals surface area contributed by atoms with Gasteiger partial charge in [0.15, 0.2) is 5.88 Å². The van der Waals surface area contributed by atoms with Gasteiger partial charge in [-0.3, -0.25) is 19.0 Å². The van der Waals surface area contributed by atoms with Crippen LogP contribution in [0.5, 0.6) is 5.88 Å². The van der Waals surface area contributed by atoms with Crippen LogP contribution < -0.4 is 21.9 Å². The number of hydrogen-bond donors (Lipinski definition) is 4. The Labute approximate surface area is 120 Å². The smallest absolute Gasteiger partial charge is 0.271 e. The number of hydrogen-bond acceptors (Lipinski definition) is 6. The van der Waals surface area contributed by atoms with E-state index < -0.39 is 23.6 Å². The molecule has 21 heavy (non-hydrogen) atoms. The molecule has 1 unspecified atom stereocenters. The molecule has 1 aromatic rings. The van der Waals surface area contributed by atoms with Crippen LogP contribution in [0, 0.1) is 11.3 Å². The highest BCUT2D eigenvalue weighted by Crippen LogP contribution is 2.18. The lowest BCUT2D eigenvalue weighted by Crippen LogP contribution is -2.37. The fourth-order valence-electron chi connectivity index (χ4n) is 1.82. The summed E-state index contributed by atoms with van der Waals surface area (Å²) in [5.41, 5.74) is 4.50. The maximum absolute atomic E-state index is 12.2. The number of carbonyl (C=O) groups is 2. The predicted molar refractivity (Wildman–Crippen MR) is 71.9 cm³/mol. The Hall–Kier alpha value is -2.86. The van der Waals surface area contributed by atoms with Crippen molar-refractivity contribution in [3.63, 3.8) is 0 Å². The molecule has 5 N–H and O–H groups in total. The maximum Gasteiger partial charge on any atom is 0.271 e. The summed E-state index contributed by atoms with van der Waals surface area (Å²) in [6.45, 7) is 1.66. The summed E-state index contributed by atoms with van der Waals surface area (Å²) in [7, 11) is 0. The Balaban J connectivity index is 3.47. The highest BCUT2D eigenvalue weighted by Gasteiger charge is 2.21. The number of nitrogens with zero attached hydrogens (tertiary/aromatic N) is 2. The summed E-state index contributed by atoms with van der Waals surface area (Å²) in [5, 5.41) is 23.5. The Bertz CT molecular complexity index is 622. The quantitative estimate of drug-likeness (QED) is 0.346. The molecular formula is C12H15N5O4. The number of nitrogens with two attached hydrogens (primary N) is 1. The van der Waals surface area contributed by atoms with Gasteiger partial charge >= 0.3 is 0 Å².